The van der Waals surface area contributed by atoms with E-state index in [4.69, 9.17) is 4.74 Å². The average molecular weight is 342 g/mol. The minimum atomic E-state index is -4.45. The van der Waals surface area contributed by atoms with E-state index >= 15 is 0 Å². The van der Waals surface area contributed by atoms with E-state index in [9.17, 15) is 18.0 Å². The Labute approximate surface area is 139 Å². The van der Waals surface area contributed by atoms with E-state index in [1.54, 1.807) is 20.8 Å². The van der Waals surface area contributed by atoms with Crippen LogP contribution >= 0.6 is 0 Å². The molecule has 1 heterocycles. The van der Waals surface area contributed by atoms with Crippen molar-refractivity contribution < 1.29 is 22.7 Å². The number of rotatable bonds is 3. The van der Waals surface area contributed by atoms with Gasteiger partial charge in [-0.1, -0.05) is 11.8 Å². The number of amides is 1. The lowest BCUT2D eigenvalue weighted by atomic mass is 10.1. The van der Waals surface area contributed by atoms with Gasteiger partial charge in [-0.25, -0.2) is 4.79 Å². The van der Waals surface area contributed by atoms with Crippen molar-refractivity contribution in [3.05, 3.63) is 29.6 Å². The van der Waals surface area contributed by atoms with Crippen LogP contribution in [0.15, 0.2) is 18.3 Å². The van der Waals surface area contributed by atoms with Gasteiger partial charge in [-0.2, -0.15) is 13.2 Å². The molecular formula is C17H21F3N2O2. The predicted molar refractivity (Wildman–Crippen MR) is 84.2 cm³/mol. The zero-order chi connectivity index (χ0) is 18.4. The Morgan fingerprint density at radius 2 is 2.00 bits per heavy atom. The van der Waals surface area contributed by atoms with Crippen LogP contribution in [-0.2, 0) is 10.9 Å². The highest BCUT2D eigenvalue weighted by Crippen LogP contribution is 2.26. The van der Waals surface area contributed by atoms with Crippen LogP contribution in [0.4, 0.5) is 18.0 Å². The maximum Gasteiger partial charge on any atom is 0.433 e. The fourth-order valence-electron chi connectivity index (χ4n) is 1.67. The molecule has 0 spiro atoms. The molecule has 0 aliphatic rings. The maximum atomic E-state index is 12.4. The number of hydrogen-bond acceptors (Lipinski definition) is 3. The first-order valence-corrected chi connectivity index (χ1v) is 7.49. The number of halogens is 3. The molecule has 1 atom stereocenters. The Balaban J connectivity index is 2.43. The summed E-state index contributed by atoms with van der Waals surface area (Å²) in [4.78, 5) is 14.9. The number of carbonyl (C=O) groups is 1. The molecule has 132 valence electrons. The molecule has 7 heteroatoms. The summed E-state index contributed by atoms with van der Waals surface area (Å²) in [5.74, 6) is 5.60. The number of pyridine rings is 1. The number of nitrogens with one attached hydrogen (secondary N) is 1. The lowest BCUT2D eigenvalue weighted by Gasteiger charge is -2.21. The van der Waals surface area contributed by atoms with Crippen LogP contribution in [0, 0.1) is 11.8 Å². The molecule has 0 aliphatic heterocycles. The molecule has 0 aromatic carbocycles. The van der Waals surface area contributed by atoms with Gasteiger partial charge in [-0.3, -0.25) is 4.98 Å². The van der Waals surface area contributed by atoms with Gasteiger partial charge >= 0.3 is 12.3 Å². The third kappa shape index (κ3) is 7.86. The molecule has 1 aromatic rings. The van der Waals surface area contributed by atoms with Crippen molar-refractivity contribution in [1.29, 1.82) is 0 Å². The molecule has 0 radical (unpaired) electrons. The summed E-state index contributed by atoms with van der Waals surface area (Å²) >= 11 is 0. The standard InChI is InChI=1S/C17H21F3N2O2/c1-12(22-15(23)24-16(2,3)4)7-5-6-8-13-9-10-14(21-11-13)17(18,19)20/h9-12H,5,7H2,1-4H3,(H,22,23). The van der Waals surface area contributed by atoms with Crippen molar-refractivity contribution >= 4 is 6.09 Å². The first-order chi connectivity index (χ1) is 11.0. The van der Waals surface area contributed by atoms with E-state index in [1.165, 1.54) is 6.07 Å². The van der Waals surface area contributed by atoms with E-state index in [1.807, 2.05) is 6.92 Å². The molecule has 24 heavy (non-hydrogen) atoms. The van der Waals surface area contributed by atoms with E-state index in [2.05, 4.69) is 22.1 Å². The van der Waals surface area contributed by atoms with Gasteiger partial charge in [0.2, 0.25) is 0 Å². The van der Waals surface area contributed by atoms with Gasteiger partial charge in [-0.15, -0.1) is 0 Å². The van der Waals surface area contributed by atoms with Gasteiger partial charge in [0.15, 0.2) is 0 Å². The van der Waals surface area contributed by atoms with Crippen LogP contribution in [0.25, 0.3) is 0 Å². The minimum Gasteiger partial charge on any atom is -0.444 e. The van der Waals surface area contributed by atoms with E-state index in [0.717, 1.165) is 12.3 Å². The number of alkyl carbamates (subject to hydrolysis) is 1. The second-order valence-electron chi connectivity index (χ2n) is 6.32. The highest BCUT2D eigenvalue weighted by atomic mass is 19.4. The molecule has 1 rings (SSSR count). The van der Waals surface area contributed by atoms with Crippen molar-refractivity contribution in [3.8, 4) is 11.8 Å². The van der Waals surface area contributed by atoms with Gasteiger partial charge in [-0.05, 0) is 46.2 Å². The second kappa shape index (κ2) is 8.04. The summed E-state index contributed by atoms with van der Waals surface area (Å²) in [7, 11) is 0. The fourth-order valence-corrected chi connectivity index (χ4v) is 1.67. The molecule has 0 fully saturated rings. The third-order valence-electron chi connectivity index (χ3n) is 2.75. The molecule has 0 saturated carbocycles. The Morgan fingerprint density at radius 3 is 2.50 bits per heavy atom. The normalized spacial score (nSPS) is 12.8. The molecular weight excluding hydrogens is 321 g/mol. The largest absolute Gasteiger partial charge is 0.444 e. The Kier molecular flexibility index (Phi) is 6.64. The summed E-state index contributed by atoms with van der Waals surface area (Å²) in [6.07, 6.45) is -2.76. The highest BCUT2D eigenvalue weighted by Gasteiger charge is 2.31. The lowest BCUT2D eigenvalue weighted by Crippen LogP contribution is -2.37. The molecule has 1 aromatic heterocycles. The number of nitrogens with zero attached hydrogens (tertiary/aromatic N) is 1. The highest BCUT2D eigenvalue weighted by molar-refractivity contribution is 5.68. The van der Waals surface area contributed by atoms with Crippen molar-refractivity contribution in [2.75, 3.05) is 0 Å². The van der Waals surface area contributed by atoms with Gasteiger partial charge in [0.1, 0.15) is 11.3 Å². The fraction of sp³-hybridized carbons (Fsp3) is 0.529. The average Bonchev–Trinajstić information content (AvgIpc) is 2.41. The van der Waals surface area contributed by atoms with Crippen LogP contribution < -0.4 is 5.32 Å². The van der Waals surface area contributed by atoms with Crippen LogP contribution in [-0.4, -0.2) is 22.7 Å². The minimum absolute atomic E-state index is 0.125. The SMILES string of the molecule is CC(CCC#Cc1ccc(C(F)(F)F)nc1)NC(=O)OC(C)(C)C. The van der Waals surface area contributed by atoms with E-state index < -0.39 is 23.6 Å². The molecule has 1 amide bonds. The zero-order valence-electron chi connectivity index (χ0n) is 14.1. The summed E-state index contributed by atoms with van der Waals surface area (Å²) in [6.45, 7) is 7.16. The summed E-state index contributed by atoms with van der Waals surface area (Å²) in [5.41, 5.74) is -1.09. The number of aromatic nitrogens is 1. The zero-order valence-corrected chi connectivity index (χ0v) is 14.1. The topological polar surface area (TPSA) is 51.2 Å². The first-order valence-electron chi connectivity index (χ1n) is 7.49. The molecule has 4 nitrogen and oxygen atoms in total. The number of carbonyl (C=O) groups excluding carboxylic acids is 1. The summed E-state index contributed by atoms with van der Waals surface area (Å²) < 4.78 is 42.3. The molecule has 1 unspecified atom stereocenters. The molecule has 1 N–H and O–H groups in total. The summed E-state index contributed by atoms with van der Waals surface area (Å²) in [6, 6.07) is 2.06. The van der Waals surface area contributed by atoms with Crippen molar-refractivity contribution in [1.82, 2.24) is 10.3 Å². The van der Waals surface area contributed by atoms with Crippen LogP contribution in [0.5, 0.6) is 0 Å². The first kappa shape index (κ1) is 19.8. The van der Waals surface area contributed by atoms with Crippen LogP contribution in [0.1, 0.15) is 51.8 Å². The van der Waals surface area contributed by atoms with Gasteiger partial charge < -0.3 is 10.1 Å². The van der Waals surface area contributed by atoms with Gasteiger partial charge in [0, 0.05) is 24.2 Å². The van der Waals surface area contributed by atoms with Crippen molar-refractivity contribution in [2.24, 2.45) is 0 Å². The van der Waals surface area contributed by atoms with E-state index in [0.29, 0.717) is 18.4 Å². The monoisotopic (exact) mass is 342 g/mol. The third-order valence-corrected chi connectivity index (χ3v) is 2.75. The van der Waals surface area contributed by atoms with Crippen LogP contribution in [0.2, 0.25) is 0 Å². The Hall–Kier alpha value is -2.23. The molecule has 0 aliphatic carbocycles. The quantitative estimate of drug-likeness (QED) is 0.840. The van der Waals surface area contributed by atoms with Crippen molar-refractivity contribution in [2.45, 2.75) is 58.4 Å². The number of hydrogen-bond donors (Lipinski definition) is 1. The second-order valence-corrected chi connectivity index (χ2v) is 6.32. The Bertz CT molecular complexity index is 608. The number of alkyl halides is 3. The molecule has 0 saturated heterocycles. The number of ether oxygens (including phenoxy) is 1. The summed E-state index contributed by atoms with van der Waals surface area (Å²) in [5, 5.41) is 2.69. The Morgan fingerprint density at radius 1 is 1.33 bits per heavy atom. The van der Waals surface area contributed by atoms with Crippen LogP contribution in [0.3, 0.4) is 0 Å². The smallest absolute Gasteiger partial charge is 0.433 e. The van der Waals surface area contributed by atoms with Gasteiger partial charge in [0.25, 0.3) is 0 Å². The van der Waals surface area contributed by atoms with E-state index in [-0.39, 0.29) is 6.04 Å². The lowest BCUT2D eigenvalue weighted by molar-refractivity contribution is -0.141. The van der Waals surface area contributed by atoms with Crippen molar-refractivity contribution in [3.63, 3.8) is 0 Å². The molecule has 0 bridgehead atoms. The predicted octanol–water partition coefficient (Wildman–Crippen LogP) is 4.15. The van der Waals surface area contributed by atoms with Gasteiger partial charge in [0.05, 0.1) is 0 Å². The maximum absolute atomic E-state index is 12.4.